The lowest BCUT2D eigenvalue weighted by molar-refractivity contribution is 0.0302. The maximum atomic E-state index is 5.76. The SMILES string of the molecule is Nc1cncc(N2CC3CCC(C2)O3)n1. The highest BCUT2D eigenvalue weighted by Crippen LogP contribution is 2.28. The molecular weight excluding hydrogens is 192 g/mol. The molecule has 0 saturated carbocycles. The predicted octanol–water partition coefficient (Wildman–Crippen LogP) is 0.426. The van der Waals surface area contributed by atoms with Crippen molar-refractivity contribution in [3.63, 3.8) is 0 Å². The van der Waals surface area contributed by atoms with Crippen LogP contribution >= 0.6 is 0 Å². The van der Waals surface area contributed by atoms with Crippen LogP contribution in [0.15, 0.2) is 12.4 Å². The molecule has 3 heterocycles. The van der Waals surface area contributed by atoms with E-state index in [1.54, 1.807) is 12.4 Å². The smallest absolute Gasteiger partial charge is 0.149 e. The number of morpholine rings is 1. The van der Waals surface area contributed by atoms with Crippen LogP contribution in [-0.2, 0) is 4.74 Å². The molecule has 2 aliphatic rings. The summed E-state index contributed by atoms with van der Waals surface area (Å²) in [6.07, 6.45) is 6.40. The summed E-state index contributed by atoms with van der Waals surface area (Å²) in [7, 11) is 0. The summed E-state index contributed by atoms with van der Waals surface area (Å²) in [6.45, 7) is 1.82. The molecule has 0 spiro atoms. The summed E-state index contributed by atoms with van der Waals surface area (Å²) in [5.41, 5.74) is 5.62. The Morgan fingerprint density at radius 3 is 2.67 bits per heavy atom. The van der Waals surface area contributed by atoms with E-state index in [4.69, 9.17) is 10.5 Å². The molecule has 2 aliphatic heterocycles. The fourth-order valence-corrected chi connectivity index (χ4v) is 2.32. The normalized spacial score (nSPS) is 29.5. The van der Waals surface area contributed by atoms with Gasteiger partial charge in [-0.3, -0.25) is 4.98 Å². The number of rotatable bonds is 1. The molecule has 1 aromatic heterocycles. The van der Waals surface area contributed by atoms with E-state index in [0.717, 1.165) is 31.7 Å². The number of aromatic nitrogens is 2. The second kappa shape index (κ2) is 3.34. The minimum Gasteiger partial charge on any atom is -0.382 e. The summed E-state index contributed by atoms with van der Waals surface area (Å²) >= 11 is 0. The molecule has 1 aromatic rings. The van der Waals surface area contributed by atoms with Crippen molar-refractivity contribution in [1.29, 1.82) is 0 Å². The first-order chi connectivity index (χ1) is 7.31. The average molecular weight is 206 g/mol. The van der Waals surface area contributed by atoms with Gasteiger partial charge in [-0.25, -0.2) is 4.98 Å². The molecule has 2 fully saturated rings. The maximum Gasteiger partial charge on any atom is 0.149 e. The Balaban J connectivity index is 1.83. The number of nitrogen functional groups attached to an aromatic ring is 1. The minimum absolute atomic E-state index is 0.368. The molecule has 0 aliphatic carbocycles. The van der Waals surface area contributed by atoms with Crippen LogP contribution in [0.2, 0.25) is 0 Å². The molecule has 2 saturated heterocycles. The molecule has 80 valence electrons. The van der Waals surface area contributed by atoms with Gasteiger partial charge in [-0.05, 0) is 12.8 Å². The van der Waals surface area contributed by atoms with Crippen molar-refractivity contribution in [3.8, 4) is 0 Å². The molecule has 2 bridgehead atoms. The first kappa shape index (κ1) is 8.91. The Morgan fingerprint density at radius 1 is 1.27 bits per heavy atom. The first-order valence-electron chi connectivity index (χ1n) is 5.29. The van der Waals surface area contributed by atoms with E-state index >= 15 is 0 Å². The second-order valence-electron chi connectivity index (χ2n) is 4.16. The Bertz CT molecular complexity index is 358. The van der Waals surface area contributed by atoms with Gasteiger partial charge >= 0.3 is 0 Å². The van der Waals surface area contributed by atoms with Crippen molar-refractivity contribution >= 4 is 11.6 Å². The van der Waals surface area contributed by atoms with Gasteiger partial charge in [0, 0.05) is 13.1 Å². The van der Waals surface area contributed by atoms with E-state index < -0.39 is 0 Å². The second-order valence-corrected chi connectivity index (χ2v) is 4.16. The molecular formula is C10H14N4O. The van der Waals surface area contributed by atoms with E-state index in [0.29, 0.717) is 18.0 Å². The van der Waals surface area contributed by atoms with E-state index in [1.807, 2.05) is 0 Å². The standard InChI is InChI=1S/C10H14N4O/c11-9-3-12-4-10(13-9)14-5-7-1-2-8(6-14)15-7/h3-4,7-8H,1-2,5-6H2,(H2,11,13). The first-order valence-corrected chi connectivity index (χ1v) is 5.29. The van der Waals surface area contributed by atoms with Crippen LogP contribution in [0.25, 0.3) is 0 Å². The summed E-state index contributed by atoms with van der Waals surface area (Å²) in [5.74, 6) is 1.35. The molecule has 0 amide bonds. The van der Waals surface area contributed by atoms with Crippen molar-refractivity contribution < 1.29 is 4.74 Å². The monoisotopic (exact) mass is 206 g/mol. The van der Waals surface area contributed by atoms with Crippen LogP contribution in [0.1, 0.15) is 12.8 Å². The summed E-state index contributed by atoms with van der Waals surface area (Å²) < 4.78 is 5.76. The zero-order valence-electron chi connectivity index (χ0n) is 8.47. The Labute approximate surface area is 88.3 Å². The molecule has 15 heavy (non-hydrogen) atoms. The van der Waals surface area contributed by atoms with Gasteiger partial charge in [0.15, 0.2) is 0 Å². The third-order valence-electron chi connectivity index (χ3n) is 3.01. The van der Waals surface area contributed by atoms with Crippen LogP contribution in [0.4, 0.5) is 11.6 Å². The quantitative estimate of drug-likeness (QED) is 0.721. The number of hydrogen-bond acceptors (Lipinski definition) is 5. The van der Waals surface area contributed by atoms with Crippen molar-refractivity contribution in [2.24, 2.45) is 0 Å². The van der Waals surface area contributed by atoms with Crippen LogP contribution in [0, 0.1) is 0 Å². The number of anilines is 2. The fraction of sp³-hybridized carbons (Fsp3) is 0.600. The van der Waals surface area contributed by atoms with Crippen LogP contribution in [-0.4, -0.2) is 35.3 Å². The van der Waals surface area contributed by atoms with Gasteiger partial charge in [0.2, 0.25) is 0 Å². The topological polar surface area (TPSA) is 64.3 Å². The fourth-order valence-electron chi connectivity index (χ4n) is 2.32. The van der Waals surface area contributed by atoms with E-state index in [2.05, 4.69) is 14.9 Å². The zero-order chi connectivity index (χ0) is 10.3. The summed E-state index contributed by atoms with van der Waals surface area (Å²) in [6, 6.07) is 0. The van der Waals surface area contributed by atoms with Gasteiger partial charge in [0.05, 0.1) is 24.6 Å². The van der Waals surface area contributed by atoms with Gasteiger partial charge in [-0.1, -0.05) is 0 Å². The maximum absolute atomic E-state index is 5.76. The minimum atomic E-state index is 0.368. The van der Waals surface area contributed by atoms with Gasteiger partial charge in [0.1, 0.15) is 11.6 Å². The third kappa shape index (κ3) is 1.63. The number of fused-ring (bicyclic) bond motifs is 2. The van der Waals surface area contributed by atoms with E-state index in [9.17, 15) is 0 Å². The van der Waals surface area contributed by atoms with Gasteiger partial charge in [-0.15, -0.1) is 0 Å². The molecule has 2 atom stereocenters. The van der Waals surface area contributed by atoms with Gasteiger partial charge in [0.25, 0.3) is 0 Å². The van der Waals surface area contributed by atoms with Crippen LogP contribution < -0.4 is 10.6 Å². The predicted molar refractivity (Wildman–Crippen MR) is 56.6 cm³/mol. The molecule has 2 unspecified atom stereocenters. The Kier molecular flexibility index (Phi) is 1.98. The van der Waals surface area contributed by atoms with E-state index in [-0.39, 0.29) is 0 Å². The highest BCUT2D eigenvalue weighted by Gasteiger charge is 2.34. The molecule has 0 aromatic carbocycles. The lowest BCUT2D eigenvalue weighted by Crippen LogP contribution is -2.43. The highest BCUT2D eigenvalue weighted by molar-refractivity contribution is 5.42. The molecule has 0 radical (unpaired) electrons. The molecule has 5 heteroatoms. The number of hydrogen-bond donors (Lipinski definition) is 1. The lowest BCUT2D eigenvalue weighted by Gasteiger charge is -2.32. The van der Waals surface area contributed by atoms with Crippen LogP contribution in [0.5, 0.6) is 0 Å². The molecule has 2 N–H and O–H groups in total. The number of ether oxygens (including phenoxy) is 1. The number of nitrogens with two attached hydrogens (primary N) is 1. The Morgan fingerprint density at radius 2 is 2.00 bits per heavy atom. The number of nitrogens with zero attached hydrogens (tertiary/aromatic N) is 3. The molecule has 3 rings (SSSR count). The summed E-state index contributed by atoms with van der Waals surface area (Å²) in [5, 5.41) is 0. The molecule has 5 nitrogen and oxygen atoms in total. The zero-order valence-corrected chi connectivity index (χ0v) is 8.47. The lowest BCUT2D eigenvalue weighted by atomic mass is 10.2. The third-order valence-corrected chi connectivity index (χ3v) is 3.01. The van der Waals surface area contributed by atoms with Gasteiger partial charge in [-0.2, -0.15) is 0 Å². The van der Waals surface area contributed by atoms with E-state index in [1.165, 1.54) is 0 Å². The van der Waals surface area contributed by atoms with Crippen molar-refractivity contribution in [1.82, 2.24) is 9.97 Å². The van der Waals surface area contributed by atoms with Crippen molar-refractivity contribution in [2.75, 3.05) is 23.7 Å². The average Bonchev–Trinajstić information content (AvgIpc) is 2.58. The largest absolute Gasteiger partial charge is 0.382 e. The van der Waals surface area contributed by atoms with Crippen molar-refractivity contribution in [2.45, 2.75) is 25.0 Å². The van der Waals surface area contributed by atoms with Crippen molar-refractivity contribution in [3.05, 3.63) is 12.4 Å². The summed E-state index contributed by atoms with van der Waals surface area (Å²) in [4.78, 5) is 10.6. The highest BCUT2D eigenvalue weighted by atomic mass is 16.5. The Hall–Kier alpha value is -1.36. The van der Waals surface area contributed by atoms with Gasteiger partial charge < -0.3 is 15.4 Å². The van der Waals surface area contributed by atoms with Crippen LogP contribution in [0.3, 0.4) is 0 Å².